The van der Waals surface area contributed by atoms with Gasteiger partial charge in [0.05, 0.1) is 13.0 Å². The molecule has 2 heterocycles. The van der Waals surface area contributed by atoms with E-state index in [2.05, 4.69) is 5.32 Å². The second-order valence-corrected chi connectivity index (χ2v) is 9.35. The number of rotatable bonds is 7. The summed E-state index contributed by atoms with van der Waals surface area (Å²) in [6.07, 6.45) is 1.96. The van der Waals surface area contributed by atoms with E-state index in [4.69, 9.17) is 4.74 Å². The van der Waals surface area contributed by atoms with Crippen molar-refractivity contribution in [3.63, 3.8) is 0 Å². The summed E-state index contributed by atoms with van der Waals surface area (Å²) in [6, 6.07) is 10.5. The molecule has 0 bridgehead atoms. The first-order valence-corrected chi connectivity index (χ1v) is 10.9. The second-order valence-electron chi connectivity index (χ2n) is 6.01. The molecule has 0 atom stereocenters. The number of carbonyl (C=O) groups is 1. The van der Waals surface area contributed by atoms with Crippen molar-refractivity contribution in [2.45, 2.75) is 30.4 Å². The normalized spacial score (nSPS) is 15.1. The standard InChI is InChI=1S/C18H22N2O4S2/c1-2-24-15-7-5-14(6-8-15)19-17(21)13-16-9-10-18(25-16)26(22,23)20-11-3-4-12-20/h5-10H,2-4,11-13H2,1H3,(H,19,21). The summed E-state index contributed by atoms with van der Waals surface area (Å²) in [4.78, 5) is 12.9. The Hall–Kier alpha value is -1.90. The number of thiophene rings is 1. The number of benzene rings is 1. The lowest BCUT2D eigenvalue weighted by Crippen LogP contribution is -2.27. The van der Waals surface area contributed by atoms with Crippen LogP contribution in [-0.4, -0.2) is 38.3 Å². The Bertz CT molecular complexity index is 854. The highest BCUT2D eigenvalue weighted by Crippen LogP contribution is 2.27. The van der Waals surface area contributed by atoms with Gasteiger partial charge in [0.25, 0.3) is 10.0 Å². The summed E-state index contributed by atoms with van der Waals surface area (Å²) in [5.74, 6) is 0.571. The van der Waals surface area contributed by atoms with Crippen LogP contribution in [0.2, 0.25) is 0 Å². The van der Waals surface area contributed by atoms with Crippen LogP contribution < -0.4 is 10.1 Å². The van der Waals surface area contributed by atoms with E-state index < -0.39 is 10.0 Å². The van der Waals surface area contributed by atoms with Gasteiger partial charge in [-0.1, -0.05) is 0 Å². The quantitative estimate of drug-likeness (QED) is 0.783. The fraction of sp³-hybridized carbons (Fsp3) is 0.389. The number of carbonyl (C=O) groups excluding carboxylic acids is 1. The van der Waals surface area contributed by atoms with Gasteiger partial charge in [0.15, 0.2) is 0 Å². The molecule has 1 fully saturated rings. The third-order valence-electron chi connectivity index (χ3n) is 4.08. The predicted molar refractivity (Wildman–Crippen MR) is 102 cm³/mol. The Morgan fingerprint density at radius 2 is 1.85 bits per heavy atom. The number of nitrogens with one attached hydrogen (secondary N) is 1. The van der Waals surface area contributed by atoms with Gasteiger partial charge in [0.1, 0.15) is 9.96 Å². The molecule has 1 saturated heterocycles. The highest BCUT2D eigenvalue weighted by molar-refractivity contribution is 7.91. The lowest BCUT2D eigenvalue weighted by Gasteiger charge is -2.13. The van der Waals surface area contributed by atoms with E-state index in [0.717, 1.165) is 34.8 Å². The molecule has 1 amide bonds. The van der Waals surface area contributed by atoms with Crippen molar-refractivity contribution in [1.29, 1.82) is 0 Å². The maximum absolute atomic E-state index is 12.5. The van der Waals surface area contributed by atoms with Crippen LogP contribution in [0.3, 0.4) is 0 Å². The fourth-order valence-electron chi connectivity index (χ4n) is 2.81. The molecule has 0 saturated carbocycles. The van der Waals surface area contributed by atoms with Gasteiger partial charge >= 0.3 is 0 Å². The van der Waals surface area contributed by atoms with Crippen LogP contribution in [0.15, 0.2) is 40.6 Å². The third-order valence-corrected chi connectivity index (χ3v) is 7.53. The molecule has 1 aromatic heterocycles. The van der Waals surface area contributed by atoms with Crippen LogP contribution in [0.1, 0.15) is 24.6 Å². The zero-order valence-electron chi connectivity index (χ0n) is 14.6. The maximum atomic E-state index is 12.5. The van der Waals surface area contributed by atoms with Gasteiger partial charge in [-0.15, -0.1) is 11.3 Å². The summed E-state index contributed by atoms with van der Waals surface area (Å²) in [7, 11) is -3.42. The SMILES string of the molecule is CCOc1ccc(NC(=O)Cc2ccc(S(=O)(=O)N3CCCC3)s2)cc1. The van der Waals surface area contributed by atoms with Crippen molar-refractivity contribution in [3.8, 4) is 5.75 Å². The fourth-order valence-corrected chi connectivity index (χ4v) is 5.84. The molecule has 0 radical (unpaired) electrons. The van der Waals surface area contributed by atoms with E-state index in [-0.39, 0.29) is 12.3 Å². The van der Waals surface area contributed by atoms with Crippen molar-refractivity contribution < 1.29 is 17.9 Å². The van der Waals surface area contributed by atoms with Crippen molar-refractivity contribution in [1.82, 2.24) is 4.31 Å². The zero-order chi connectivity index (χ0) is 18.6. The maximum Gasteiger partial charge on any atom is 0.252 e. The van der Waals surface area contributed by atoms with Crippen molar-refractivity contribution in [3.05, 3.63) is 41.3 Å². The number of ether oxygens (including phenoxy) is 1. The number of hydrogen-bond donors (Lipinski definition) is 1. The Labute approximate surface area is 157 Å². The Balaban J connectivity index is 1.60. The number of amides is 1. The van der Waals surface area contributed by atoms with E-state index >= 15 is 0 Å². The molecular weight excluding hydrogens is 372 g/mol. The first kappa shape index (κ1) is 18.9. The van der Waals surface area contributed by atoms with Gasteiger partial charge < -0.3 is 10.1 Å². The minimum Gasteiger partial charge on any atom is -0.494 e. The number of hydrogen-bond acceptors (Lipinski definition) is 5. The van der Waals surface area contributed by atoms with Gasteiger partial charge in [0.2, 0.25) is 5.91 Å². The molecular formula is C18H22N2O4S2. The van der Waals surface area contributed by atoms with Crippen LogP contribution >= 0.6 is 11.3 Å². The summed E-state index contributed by atoms with van der Waals surface area (Å²) in [5.41, 5.74) is 0.680. The smallest absolute Gasteiger partial charge is 0.252 e. The minimum atomic E-state index is -3.42. The molecule has 8 heteroatoms. The topological polar surface area (TPSA) is 75.7 Å². The molecule has 140 valence electrons. The van der Waals surface area contributed by atoms with Crippen LogP contribution in [-0.2, 0) is 21.2 Å². The largest absolute Gasteiger partial charge is 0.494 e. The molecule has 0 unspecified atom stereocenters. The summed E-state index contributed by atoms with van der Waals surface area (Å²) in [5, 5.41) is 2.82. The Morgan fingerprint density at radius 3 is 2.50 bits per heavy atom. The molecule has 26 heavy (non-hydrogen) atoms. The first-order chi connectivity index (χ1) is 12.5. The monoisotopic (exact) mass is 394 g/mol. The zero-order valence-corrected chi connectivity index (χ0v) is 16.2. The number of nitrogens with zero attached hydrogens (tertiary/aromatic N) is 1. The third kappa shape index (κ3) is 4.44. The average Bonchev–Trinajstić information content (AvgIpc) is 3.29. The first-order valence-electron chi connectivity index (χ1n) is 8.60. The van der Waals surface area contributed by atoms with Crippen LogP contribution in [0.4, 0.5) is 5.69 Å². The summed E-state index contributed by atoms with van der Waals surface area (Å²) >= 11 is 1.16. The number of anilines is 1. The Morgan fingerprint density at radius 1 is 1.15 bits per heavy atom. The van der Waals surface area contributed by atoms with Crippen LogP contribution in [0.5, 0.6) is 5.75 Å². The van der Waals surface area contributed by atoms with E-state index in [9.17, 15) is 13.2 Å². The molecule has 0 spiro atoms. The predicted octanol–water partition coefficient (Wildman–Crippen LogP) is 3.11. The van der Waals surface area contributed by atoms with Gasteiger partial charge in [0, 0.05) is 23.7 Å². The van der Waals surface area contributed by atoms with Gasteiger partial charge in [-0.2, -0.15) is 4.31 Å². The molecule has 6 nitrogen and oxygen atoms in total. The summed E-state index contributed by atoms with van der Waals surface area (Å²) in [6.45, 7) is 3.66. The lowest BCUT2D eigenvalue weighted by atomic mass is 10.2. The molecule has 1 aliphatic heterocycles. The van der Waals surface area contributed by atoms with Gasteiger partial charge in [-0.05, 0) is 56.2 Å². The van der Waals surface area contributed by atoms with E-state index in [1.54, 1.807) is 36.4 Å². The number of sulfonamides is 1. The molecule has 0 aliphatic carbocycles. The highest BCUT2D eigenvalue weighted by atomic mass is 32.2. The van der Waals surface area contributed by atoms with Gasteiger partial charge in [-0.25, -0.2) is 8.42 Å². The molecule has 1 aromatic carbocycles. The second kappa shape index (κ2) is 8.20. The average molecular weight is 395 g/mol. The molecule has 1 N–H and O–H groups in total. The molecule has 2 aromatic rings. The van der Waals surface area contributed by atoms with Crippen molar-refractivity contribution >= 4 is 33.0 Å². The Kier molecular flexibility index (Phi) is 5.95. The van der Waals surface area contributed by atoms with E-state index in [0.29, 0.717) is 29.6 Å². The van der Waals surface area contributed by atoms with Crippen LogP contribution in [0.25, 0.3) is 0 Å². The minimum absolute atomic E-state index is 0.146. The van der Waals surface area contributed by atoms with E-state index in [1.165, 1.54) is 4.31 Å². The molecule has 1 aliphatic rings. The lowest BCUT2D eigenvalue weighted by molar-refractivity contribution is -0.115. The molecule has 3 rings (SSSR count). The van der Waals surface area contributed by atoms with Crippen LogP contribution in [0, 0.1) is 0 Å². The van der Waals surface area contributed by atoms with E-state index in [1.807, 2.05) is 6.92 Å². The van der Waals surface area contributed by atoms with Crippen molar-refractivity contribution in [2.24, 2.45) is 0 Å². The van der Waals surface area contributed by atoms with Gasteiger partial charge in [-0.3, -0.25) is 4.79 Å². The van der Waals surface area contributed by atoms with Crippen molar-refractivity contribution in [2.75, 3.05) is 25.0 Å². The highest BCUT2D eigenvalue weighted by Gasteiger charge is 2.28. The summed E-state index contributed by atoms with van der Waals surface area (Å²) < 4.78 is 32.3.